The van der Waals surface area contributed by atoms with Gasteiger partial charge in [0.25, 0.3) is 5.56 Å². The summed E-state index contributed by atoms with van der Waals surface area (Å²) >= 11 is 3.39. The number of aromatic nitrogens is 2. The van der Waals surface area contributed by atoms with E-state index in [0.717, 1.165) is 22.3 Å². The van der Waals surface area contributed by atoms with Gasteiger partial charge >= 0.3 is 0 Å². The third-order valence-electron chi connectivity index (χ3n) is 2.68. The van der Waals surface area contributed by atoms with E-state index >= 15 is 0 Å². The van der Waals surface area contributed by atoms with Crippen LogP contribution < -0.4 is 11.3 Å². The van der Waals surface area contributed by atoms with E-state index in [1.807, 2.05) is 24.3 Å². The van der Waals surface area contributed by atoms with Gasteiger partial charge in [-0.3, -0.25) is 9.89 Å². The van der Waals surface area contributed by atoms with Gasteiger partial charge in [0, 0.05) is 4.47 Å². The molecule has 0 amide bonds. The molecule has 1 aromatic heterocycles. The van der Waals surface area contributed by atoms with Crippen molar-refractivity contribution in [2.75, 3.05) is 5.73 Å². The second kappa shape index (κ2) is 5.02. The second-order valence-electron chi connectivity index (χ2n) is 4.72. The summed E-state index contributed by atoms with van der Waals surface area (Å²) in [7, 11) is 0. The second-order valence-corrected chi connectivity index (χ2v) is 5.64. The van der Waals surface area contributed by atoms with Gasteiger partial charge < -0.3 is 5.73 Å². The van der Waals surface area contributed by atoms with Crippen molar-refractivity contribution >= 4 is 21.6 Å². The zero-order valence-electron chi connectivity index (χ0n) is 10.4. The van der Waals surface area contributed by atoms with Gasteiger partial charge in [0.2, 0.25) is 0 Å². The number of nitrogens with one attached hydrogen (secondary N) is 1. The number of benzene rings is 1. The molecule has 0 atom stereocenters. The lowest BCUT2D eigenvalue weighted by molar-refractivity contribution is 0.628. The van der Waals surface area contributed by atoms with Crippen LogP contribution >= 0.6 is 15.9 Å². The van der Waals surface area contributed by atoms with E-state index in [1.165, 1.54) is 4.68 Å². The maximum absolute atomic E-state index is 12.1. The molecule has 4 nitrogen and oxygen atoms in total. The fourth-order valence-corrected chi connectivity index (χ4v) is 2.24. The van der Waals surface area contributed by atoms with Gasteiger partial charge in [-0.05, 0) is 30.5 Å². The van der Waals surface area contributed by atoms with Crippen LogP contribution in [0.4, 0.5) is 5.69 Å². The lowest BCUT2D eigenvalue weighted by atomic mass is 10.1. The minimum Gasteiger partial charge on any atom is -0.393 e. The summed E-state index contributed by atoms with van der Waals surface area (Å²) in [5.41, 5.74) is 7.54. The molecule has 0 unspecified atom stereocenters. The zero-order valence-corrected chi connectivity index (χ0v) is 12.0. The largest absolute Gasteiger partial charge is 0.393 e. The molecular weight excluding hydrogens is 294 g/mol. The molecule has 0 saturated carbocycles. The third-order valence-corrected chi connectivity index (χ3v) is 3.18. The molecule has 0 aliphatic rings. The Morgan fingerprint density at radius 3 is 2.78 bits per heavy atom. The monoisotopic (exact) mass is 309 g/mol. The van der Waals surface area contributed by atoms with Crippen molar-refractivity contribution in [1.29, 1.82) is 0 Å². The standard InChI is InChI=1S/C13H16BrN3O/c1-8(2)6-11-12(15)13(18)17(16-11)10-5-3-4-9(14)7-10/h3-5,7-8,16H,6,15H2,1-2H3. The van der Waals surface area contributed by atoms with Crippen molar-refractivity contribution in [3.05, 3.63) is 44.8 Å². The Morgan fingerprint density at radius 1 is 1.44 bits per heavy atom. The fraction of sp³-hybridized carbons (Fsp3) is 0.308. The first-order valence-corrected chi connectivity index (χ1v) is 6.63. The topological polar surface area (TPSA) is 63.8 Å². The predicted octanol–water partition coefficient (Wildman–Crippen LogP) is 2.71. The molecule has 0 fully saturated rings. The summed E-state index contributed by atoms with van der Waals surface area (Å²) < 4.78 is 2.41. The van der Waals surface area contributed by atoms with Crippen LogP contribution in [0.5, 0.6) is 0 Å². The maximum atomic E-state index is 12.1. The molecule has 3 N–H and O–H groups in total. The summed E-state index contributed by atoms with van der Waals surface area (Å²) in [6.07, 6.45) is 0.766. The highest BCUT2D eigenvalue weighted by Gasteiger charge is 2.13. The van der Waals surface area contributed by atoms with Gasteiger partial charge in [-0.2, -0.15) is 0 Å². The van der Waals surface area contributed by atoms with E-state index in [2.05, 4.69) is 34.9 Å². The number of anilines is 1. The summed E-state index contributed by atoms with van der Waals surface area (Å²) in [6, 6.07) is 7.53. The number of hydrogen-bond acceptors (Lipinski definition) is 2. The van der Waals surface area contributed by atoms with Crippen molar-refractivity contribution in [2.24, 2.45) is 5.92 Å². The summed E-state index contributed by atoms with van der Waals surface area (Å²) in [6.45, 7) is 4.18. The number of hydrogen-bond donors (Lipinski definition) is 2. The van der Waals surface area contributed by atoms with E-state index in [4.69, 9.17) is 5.73 Å². The quantitative estimate of drug-likeness (QED) is 0.915. The minimum absolute atomic E-state index is 0.191. The van der Waals surface area contributed by atoms with Crippen LogP contribution in [-0.2, 0) is 6.42 Å². The van der Waals surface area contributed by atoms with Crippen LogP contribution in [-0.4, -0.2) is 9.78 Å². The highest BCUT2D eigenvalue weighted by Crippen LogP contribution is 2.16. The van der Waals surface area contributed by atoms with Crippen molar-refractivity contribution in [2.45, 2.75) is 20.3 Å². The molecule has 2 rings (SSSR count). The number of halogens is 1. The van der Waals surface area contributed by atoms with Crippen molar-refractivity contribution < 1.29 is 0 Å². The Hall–Kier alpha value is -1.49. The van der Waals surface area contributed by atoms with Gasteiger partial charge in [-0.15, -0.1) is 0 Å². The van der Waals surface area contributed by atoms with Crippen LogP contribution in [0, 0.1) is 5.92 Å². The predicted molar refractivity (Wildman–Crippen MR) is 77.0 cm³/mol. The Labute approximate surface area is 114 Å². The Morgan fingerprint density at radius 2 is 2.17 bits per heavy atom. The van der Waals surface area contributed by atoms with Crippen LogP contribution in [0.3, 0.4) is 0 Å². The average Bonchev–Trinajstić information content (AvgIpc) is 2.57. The minimum atomic E-state index is -0.191. The van der Waals surface area contributed by atoms with E-state index in [1.54, 1.807) is 0 Å². The number of H-pyrrole nitrogens is 1. The fourth-order valence-electron chi connectivity index (χ4n) is 1.86. The van der Waals surface area contributed by atoms with Crippen LogP contribution in [0.2, 0.25) is 0 Å². The SMILES string of the molecule is CC(C)Cc1[nH]n(-c2cccc(Br)c2)c(=O)c1N. The highest BCUT2D eigenvalue weighted by molar-refractivity contribution is 9.10. The van der Waals surface area contributed by atoms with Gasteiger partial charge in [-0.25, -0.2) is 4.68 Å². The molecule has 1 heterocycles. The normalized spacial score (nSPS) is 11.1. The van der Waals surface area contributed by atoms with Gasteiger partial charge in [0.05, 0.1) is 11.4 Å². The van der Waals surface area contributed by atoms with Gasteiger partial charge in [-0.1, -0.05) is 35.8 Å². The first-order chi connectivity index (χ1) is 8.49. The molecule has 96 valence electrons. The molecule has 0 spiro atoms. The third kappa shape index (κ3) is 2.51. The Balaban J connectivity index is 2.49. The summed E-state index contributed by atoms with van der Waals surface area (Å²) in [4.78, 5) is 12.1. The Kier molecular flexibility index (Phi) is 3.61. The van der Waals surface area contributed by atoms with Crippen LogP contribution in [0.1, 0.15) is 19.5 Å². The van der Waals surface area contributed by atoms with E-state index in [-0.39, 0.29) is 5.56 Å². The number of rotatable bonds is 3. The smallest absolute Gasteiger partial charge is 0.294 e. The summed E-state index contributed by atoms with van der Waals surface area (Å²) in [5.74, 6) is 0.446. The summed E-state index contributed by atoms with van der Waals surface area (Å²) in [5, 5.41) is 3.08. The number of aromatic amines is 1. The molecule has 0 aliphatic carbocycles. The molecule has 2 aromatic rings. The highest BCUT2D eigenvalue weighted by atomic mass is 79.9. The van der Waals surface area contributed by atoms with E-state index in [0.29, 0.717) is 11.6 Å². The average molecular weight is 310 g/mol. The molecule has 0 radical (unpaired) electrons. The van der Waals surface area contributed by atoms with Crippen molar-refractivity contribution in [3.8, 4) is 5.69 Å². The molecule has 0 saturated heterocycles. The molecule has 1 aromatic carbocycles. The van der Waals surface area contributed by atoms with Crippen molar-refractivity contribution in [1.82, 2.24) is 9.78 Å². The Bertz CT molecular complexity index is 613. The molecular formula is C13H16BrN3O. The molecule has 0 aliphatic heterocycles. The maximum Gasteiger partial charge on any atom is 0.294 e. The van der Waals surface area contributed by atoms with E-state index < -0.39 is 0 Å². The molecule has 0 bridgehead atoms. The van der Waals surface area contributed by atoms with Gasteiger partial charge in [0.15, 0.2) is 0 Å². The number of nitrogen functional groups attached to an aromatic ring is 1. The number of nitrogens with two attached hydrogens (primary N) is 1. The van der Waals surface area contributed by atoms with Gasteiger partial charge in [0.1, 0.15) is 5.69 Å². The van der Waals surface area contributed by atoms with Crippen LogP contribution in [0.15, 0.2) is 33.5 Å². The van der Waals surface area contributed by atoms with Crippen LogP contribution in [0.25, 0.3) is 5.69 Å². The number of nitrogens with zero attached hydrogens (tertiary/aromatic N) is 1. The first kappa shape index (κ1) is 13.0. The lowest BCUT2D eigenvalue weighted by Gasteiger charge is -2.04. The first-order valence-electron chi connectivity index (χ1n) is 5.84. The molecule has 5 heteroatoms. The van der Waals surface area contributed by atoms with E-state index in [9.17, 15) is 4.79 Å². The van der Waals surface area contributed by atoms with Crippen molar-refractivity contribution in [3.63, 3.8) is 0 Å². The molecule has 18 heavy (non-hydrogen) atoms. The zero-order chi connectivity index (χ0) is 13.3. The lowest BCUT2D eigenvalue weighted by Crippen LogP contribution is -2.16.